The molecule has 0 aromatic carbocycles. The number of allylic oxidation sites excluding steroid dienone is 6. The smallest absolute Gasteiger partial charge is 0.0475 e. The minimum absolute atomic E-state index is 0.240. The maximum Gasteiger partial charge on any atom is 0.0475 e. The molecular weight excluding hydrogens is 909 g/mol. The fraction of sp³-hybridized carbons (Fsp3) is 0.818. The van der Waals surface area contributed by atoms with Crippen molar-refractivity contribution in [2.75, 3.05) is 0 Å². The lowest BCUT2D eigenvalue weighted by Crippen LogP contribution is -2.70. The second kappa shape index (κ2) is 16.9. The van der Waals surface area contributed by atoms with Crippen molar-refractivity contribution in [3.8, 4) is 0 Å². The van der Waals surface area contributed by atoms with Crippen molar-refractivity contribution in [1.29, 1.82) is 0 Å². The van der Waals surface area contributed by atoms with Crippen molar-refractivity contribution in [2.45, 2.75) is 184 Å². The van der Waals surface area contributed by atoms with E-state index in [1.807, 2.05) is 48.5 Å². The zero-order valence-electron chi connectivity index (χ0n) is 33.2. The van der Waals surface area contributed by atoms with Gasteiger partial charge < -0.3 is 0 Å². The average Bonchev–Trinajstić information content (AvgIpc) is 3.45. The van der Waals surface area contributed by atoms with Gasteiger partial charge in [0.2, 0.25) is 0 Å². The van der Waals surface area contributed by atoms with Gasteiger partial charge in [0.25, 0.3) is 0 Å². The van der Waals surface area contributed by atoms with Gasteiger partial charge in [-0.05, 0) is 148 Å². The monoisotopic (exact) mass is 984 g/mol. The van der Waals surface area contributed by atoms with Crippen LogP contribution in [0.1, 0.15) is 173 Å². The Morgan fingerprint density at radius 1 is 0.745 bits per heavy atom. The second-order valence-electron chi connectivity index (χ2n) is 16.4. The Morgan fingerprint density at radius 3 is 1.85 bits per heavy atom. The molecule has 0 aromatic rings. The number of hydrogen-bond donors (Lipinski definition) is 0. The Labute approximate surface area is 335 Å². The minimum atomic E-state index is 0.240. The highest BCUT2D eigenvalue weighted by molar-refractivity contribution is 14.1. The summed E-state index contributed by atoms with van der Waals surface area (Å²) >= 11 is 8.95. The molecule has 47 heavy (non-hydrogen) atoms. The average molecular weight is 985 g/mol. The van der Waals surface area contributed by atoms with Gasteiger partial charge in [0.05, 0.1) is 0 Å². The number of rotatable bonds is 2. The van der Waals surface area contributed by atoms with Crippen LogP contribution < -0.4 is 0 Å². The number of alkyl halides is 3. The van der Waals surface area contributed by atoms with Crippen LogP contribution in [0.2, 0.25) is 0 Å². The highest BCUT2D eigenvalue weighted by atomic mass is 127. The largest absolute Gasteiger partial charge is 0.103 e. The van der Waals surface area contributed by atoms with Gasteiger partial charge in [-0.25, -0.2) is 0 Å². The number of hydrogen-bond acceptors (Lipinski definition) is 0. The highest BCUT2D eigenvalue weighted by Crippen LogP contribution is 2.79. The van der Waals surface area contributed by atoms with E-state index in [4.69, 9.17) is 0 Å². The van der Waals surface area contributed by atoms with E-state index < -0.39 is 0 Å². The number of halogens is 3. The Kier molecular flexibility index (Phi) is 15.9. The lowest BCUT2D eigenvalue weighted by molar-refractivity contribution is -0.186. The summed E-state index contributed by atoms with van der Waals surface area (Å²) in [5.74, 6) is 2.56. The summed E-state index contributed by atoms with van der Waals surface area (Å²) < 4.78 is 1.31. The summed E-state index contributed by atoms with van der Waals surface area (Å²) in [7, 11) is 0. The van der Waals surface area contributed by atoms with Crippen molar-refractivity contribution in [2.24, 2.45) is 39.4 Å². The van der Waals surface area contributed by atoms with Crippen LogP contribution in [0.15, 0.2) is 48.1 Å². The van der Waals surface area contributed by atoms with E-state index in [-0.39, 0.29) is 3.42 Å². The molecule has 6 aliphatic carbocycles. The molecule has 10 atom stereocenters. The fourth-order valence-corrected chi connectivity index (χ4v) is 17.5. The second-order valence-corrected chi connectivity index (χ2v) is 22.7. The molecule has 0 amide bonds. The maximum atomic E-state index is 4.34. The molecule has 3 heteroatoms. The standard InChI is InChI=1S/C35H51I3.C3H6.3C2H6/c1-23(2)29(3)16-10-24(11-17-29)25-12-18-30(4)26-14-20-35(38)28-9-8-15-34(28,37)22-21-32(35,6)31(26,5)19-13-27(30)33(25,7)36;1-3-2;3*1-2/h10,12,26-28H,1,8-9,11,13-22H2,2-7H3;3H,1H2,2H3;3*1-2H3/t26?,27?,28?,29?,30?,31?,32-,33?,34?,35?;;;;/m0..../s1. The quantitative estimate of drug-likeness (QED) is 0.147. The normalized spacial score (nSPS) is 46.0. The van der Waals surface area contributed by atoms with Crippen LogP contribution in [0.25, 0.3) is 0 Å². The first-order chi connectivity index (χ1) is 22.0. The van der Waals surface area contributed by atoms with Crippen LogP contribution in [-0.4, -0.2) is 10.3 Å². The third-order valence-electron chi connectivity index (χ3n) is 14.6. The van der Waals surface area contributed by atoms with Gasteiger partial charge in [0.1, 0.15) is 0 Å². The van der Waals surface area contributed by atoms with Crippen molar-refractivity contribution >= 4 is 67.8 Å². The van der Waals surface area contributed by atoms with Gasteiger partial charge >= 0.3 is 0 Å². The molecule has 0 heterocycles. The summed E-state index contributed by atoms with van der Waals surface area (Å²) in [5, 5.41) is 0. The van der Waals surface area contributed by atoms with E-state index in [1.54, 1.807) is 17.2 Å². The molecular formula is C44H75I3. The lowest BCUT2D eigenvalue weighted by atomic mass is 9.34. The van der Waals surface area contributed by atoms with E-state index >= 15 is 0 Å². The van der Waals surface area contributed by atoms with Gasteiger partial charge in [-0.1, -0.05) is 174 Å². The predicted molar refractivity (Wildman–Crippen MR) is 240 cm³/mol. The molecule has 6 rings (SSSR count). The molecule has 0 nitrogen and oxygen atoms in total. The van der Waals surface area contributed by atoms with E-state index in [9.17, 15) is 0 Å². The molecule has 0 saturated heterocycles. The Bertz CT molecular complexity index is 1150. The van der Waals surface area contributed by atoms with Crippen LogP contribution >= 0.6 is 67.8 Å². The molecule has 6 aliphatic rings. The van der Waals surface area contributed by atoms with Crippen LogP contribution in [0.4, 0.5) is 0 Å². The van der Waals surface area contributed by atoms with Crippen LogP contribution in [0.3, 0.4) is 0 Å². The van der Waals surface area contributed by atoms with Crippen LogP contribution in [0, 0.1) is 39.4 Å². The van der Waals surface area contributed by atoms with E-state index in [2.05, 4.69) is 135 Å². The minimum Gasteiger partial charge on any atom is -0.103 e. The molecule has 272 valence electrons. The molecule has 4 fully saturated rings. The summed E-state index contributed by atoms with van der Waals surface area (Å²) in [6, 6.07) is 0. The molecule has 0 radical (unpaired) electrons. The van der Waals surface area contributed by atoms with Gasteiger partial charge in [0, 0.05) is 10.3 Å². The molecule has 0 spiro atoms. The Hall–Kier alpha value is 1.15. The maximum absolute atomic E-state index is 4.34. The van der Waals surface area contributed by atoms with Gasteiger partial charge in [-0.15, -0.1) is 6.58 Å². The van der Waals surface area contributed by atoms with E-state index in [1.165, 1.54) is 89.0 Å². The van der Waals surface area contributed by atoms with Crippen molar-refractivity contribution in [3.63, 3.8) is 0 Å². The third kappa shape index (κ3) is 7.25. The van der Waals surface area contributed by atoms with Gasteiger partial charge in [0.15, 0.2) is 0 Å². The van der Waals surface area contributed by atoms with Gasteiger partial charge in [-0.3, -0.25) is 0 Å². The summed E-state index contributed by atoms with van der Waals surface area (Å²) in [6.07, 6.45) is 25.2. The van der Waals surface area contributed by atoms with E-state index in [0.717, 1.165) is 17.8 Å². The van der Waals surface area contributed by atoms with Crippen LogP contribution in [-0.2, 0) is 0 Å². The predicted octanol–water partition coefficient (Wildman–Crippen LogP) is 16.3. The van der Waals surface area contributed by atoms with Gasteiger partial charge in [-0.2, -0.15) is 0 Å². The molecule has 0 aliphatic heterocycles. The highest BCUT2D eigenvalue weighted by Gasteiger charge is 2.73. The van der Waals surface area contributed by atoms with E-state index in [0.29, 0.717) is 28.5 Å². The summed E-state index contributed by atoms with van der Waals surface area (Å²) in [5.41, 5.74) is 6.37. The Morgan fingerprint density at radius 2 is 1.32 bits per heavy atom. The topological polar surface area (TPSA) is 0 Å². The number of fused-ring (bicyclic) bond motifs is 7. The first kappa shape index (κ1) is 44.3. The van der Waals surface area contributed by atoms with Crippen molar-refractivity contribution < 1.29 is 0 Å². The molecule has 0 bridgehead atoms. The van der Waals surface area contributed by atoms with Crippen molar-refractivity contribution in [3.05, 3.63) is 48.1 Å². The molecule has 0 N–H and O–H groups in total. The first-order valence-electron chi connectivity index (χ1n) is 19.7. The molecule has 9 unspecified atom stereocenters. The fourth-order valence-electron chi connectivity index (χ4n) is 11.7. The molecule has 4 saturated carbocycles. The third-order valence-corrected chi connectivity index (χ3v) is 20.3. The van der Waals surface area contributed by atoms with Crippen molar-refractivity contribution in [1.82, 2.24) is 0 Å². The Balaban J connectivity index is 0.000000782. The summed E-state index contributed by atoms with van der Waals surface area (Å²) in [6.45, 7) is 37.2. The first-order valence-corrected chi connectivity index (χ1v) is 22.9. The zero-order chi connectivity index (χ0) is 36.3. The summed E-state index contributed by atoms with van der Waals surface area (Å²) in [4.78, 5) is 0. The lowest BCUT2D eigenvalue weighted by Gasteiger charge is -2.74. The zero-order valence-corrected chi connectivity index (χ0v) is 39.7. The SMILES string of the molecule is C=C(C)C1(C)CC=C(C2=CCC3(C)C(CCC4(C)C3CCC3(I)C5CCCC5(I)CC[C@@]43C)C2(C)I)CC1.C=CC.CC.CC.CC. The van der Waals surface area contributed by atoms with Crippen LogP contribution in [0.5, 0.6) is 0 Å². The molecule has 0 aromatic heterocycles.